The summed E-state index contributed by atoms with van der Waals surface area (Å²) >= 11 is 3.31. The molecule has 0 aromatic heterocycles. The molecule has 0 unspecified atom stereocenters. The Morgan fingerprint density at radius 1 is 1.29 bits per heavy atom. The summed E-state index contributed by atoms with van der Waals surface area (Å²) in [4.78, 5) is 13.1. The zero-order chi connectivity index (χ0) is 12.7. The van der Waals surface area contributed by atoms with Crippen LogP contribution in [-0.2, 0) is 0 Å². The normalized spacial score (nSPS) is 10.1. The maximum atomic E-state index is 11.8. The van der Waals surface area contributed by atoms with Crippen LogP contribution < -0.4 is 5.32 Å². The molecule has 6 heteroatoms. The van der Waals surface area contributed by atoms with Gasteiger partial charge in [0, 0.05) is 23.2 Å². The van der Waals surface area contributed by atoms with Gasteiger partial charge in [0.2, 0.25) is 0 Å². The molecule has 0 saturated heterocycles. The van der Waals surface area contributed by atoms with Crippen molar-refractivity contribution in [3.8, 4) is 0 Å². The number of nitrogens with zero attached hydrogens (tertiary/aromatic N) is 1. The van der Waals surface area contributed by atoms with E-state index < -0.39 is 0 Å². The van der Waals surface area contributed by atoms with Crippen LogP contribution in [0.5, 0.6) is 0 Å². The van der Waals surface area contributed by atoms with Crippen LogP contribution in [0.25, 0.3) is 0 Å². The van der Waals surface area contributed by atoms with Gasteiger partial charge < -0.3 is 20.4 Å². The second kappa shape index (κ2) is 7.26. The molecule has 3 N–H and O–H groups in total. The van der Waals surface area contributed by atoms with Crippen molar-refractivity contribution in [2.24, 2.45) is 0 Å². The Hall–Kier alpha value is -1.11. The molecule has 0 heterocycles. The number of urea groups is 1. The van der Waals surface area contributed by atoms with Crippen molar-refractivity contribution in [3.05, 3.63) is 28.7 Å². The molecule has 1 aromatic carbocycles. The number of aliphatic hydroxyl groups is 2. The van der Waals surface area contributed by atoms with E-state index in [9.17, 15) is 4.79 Å². The summed E-state index contributed by atoms with van der Waals surface area (Å²) in [6.07, 6.45) is 0. The molecule has 2 amide bonds. The van der Waals surface area contributed by atoms with Crippen molar-refractivity contribution in [2.75, 3.05) is 31.6 Å². The fraction of sp³-hybridized carbons (Fsp3) is 0.364. The van der Waals surface area contributed by atoms with Crippen LogP contribution in [0, 0.1) is 0 Å². The Bertz CT molecular complexity index is 367. The van der Waals surface area contributed by atoms with E-state index in [1.54, 1.807) is 12.1 Å². The lowest BCUT2D eigenvalue weighted by Crippen LogP contribution is -2.38. The molecule has 0 saturated carbocycles. The summed E-state index contributed by atoms with van der Waals surface area (Å²) in [5.74, 6) is 0. The summed E-state index contributed by atoms with van der Waals surface area (Å²) in [5, 5.41) is 20.3. The number of halogens is 1. The number of hydrogen-bond donors (Lipinski definition) is 3. The summed E-state index contributed by atoms with van der Waals surface area (Å²) < 4.78 is 0.867. The standard InChI is InChI=1S/C11H15BrN2O3/c12-9-2-1-3-10(8-9)13-11(17)14(4-6-15)5-7-16/h1-3,8,15-16H,4-7H2,(H,13,17). The smallest absolute Gasteiger partial charge is 0.321 e. The molecule has 5 nitrogen and oxygen atoms in total. The fourth-order valence-corrected chi connectivity index (χ4v) is 1.72. The molecule has 1 rings (SSSR count). The van der Waals surface area contributed by atoms with Crippen molar-refractivity contribution in [3.63, 3.8) is 0 Å². The number of rotatable bonds is 5. The quantitative estimate of drug-likeness (QED) is 0.767. The van der Waals surface area contributed by atoms with E-state index in [-0.39, 0.29) is 32.3 Å². The predicted molar refractivity (Wildman–Crippen MR) is 68.9 cm³/mol. The maximum absolute atomic E-state index is 11.8. The Labute approximate surface area is 108 Å². The minimum atomic E-state index is -0.341. The molecule has 0 aliphatic heterocycles. The van der Waals surface area contributed by atoms with Crippen molar-refractivity contribution < 1.29 is 15.0 Å². The van der Waals surface area contributed by atoms with Crippen molar-refractivity contribution in [1.82, 2.24) is 4.90 Å². The van der Waals surface area contributed by atoms with Crippen LogP contribution in [0.2, 0.25) is 0 Å². The second-order valence-corrected chi connectivity index (χ2v) is 4.29. The summed E-state index contributed by atoms with van der Waals surface area (Å²) in [6, 6.07) is 6.86. The first kappa shape index (κ1) is 14.0. The minimum Gasteiger partial charge on any atom is -0.395 e. The first-order valence-electron chi connectivity index (χ1n) is 5.20. The lowest BCUT2D eigenvalue weighted by atomic mass is 10.3. The van der Waals surface area contributed by atoms with E-state index in [0.29, 0.717) is 5.69 Å². The average molecular weight is 303 g/mol. The third kappa shape index (κ3) is 4.72. The first-order chi connectivity index (χ1) is 8.17. The van der Waals surface area contributed by atoms with Crippen LogP contribution in [0.4, 0.5) is 10.5 Å². The lowest BCUT2D eigenvalue weighted by molar-refractivity contribution is 0.167. The van der Waals surface area contributed by atoms with Gasteiger partial charge in [-0.1, -0.05) is 22.0 Å². The third-order valence-corrected chi connectivity index (χ3v) is 2.60. The Morgan fingerprint density at radius 2 is 1.94 bits per heavy atom. The van der Waals surface area contributed by atoms with E-state index in [2.05, 4.69) is 21.2 Å². The Balaban J connectivity index is 2.62. The van der Waals surface area contributed by atoms with E-state index >= 15 is 0 Å². The van der Waals surface area contributed by atoms with Crippen LogP contribution in [0.15, 0.2) is 28.7 Å². The first-order valence-corrected chi connectivity index (χ1v) is 6.00. The van der Waals surface area contributed by atoms with E-state index in [1.807, 2.05) is 12.1 Å². The number of carbonyl (C=O) groups excluding carboxylic acids is 1. The highest BCUT2D eigenvalue weighted by Crippen LogP contribution is 2.15. The molecular weight excluding hydrogens is 288 g/mol. The largest absolute Gasteiger partial charge is 0.395 e. The predicted octanol–water partition coefficient (Wildman–Crippen LogP) is 1.27. The number of hydrogen-bond acceptors (Lipinski definition) is 3. The van der Waals surface area contributed by atoms with Gasteiger partial charge in [-0.2, -0.15) is 0 Å². The van der Waals surface area contributed by atoms with Crippen LogP contribution in [0.1, 0.15) is 0 Å². The lowest BCUT2D eigenvalue weighted by Gasteiger charge is -2.21. The van der Waals surface area contributed by atoms with Gasteiger partial charge in [0.25, 0.3) is 0 Å². The van der Waals surface area contributed by atoms with Gasteiger partial charge in [-0.15, -0.1) is 0 Å². The number of aliphatic hydroxyl groups excluding tert-OH is 2. The Morgan fingerprint density at radius 3 is 2.47 bits per heavy atom. The molecule has 0 spiro atoms. The molecule has 0 aliphatic carbocycles. The minimum absolute atomic E-state index is 0.133. The van der Waals surface area contributed by atoms with Crippen LogP contribution >= 0.6 is 15.9 Å². The van der Waals surface area contributed by atoms with Gasteiger partial charge in [-0.05, 0) is 18.2 Å². The maximum Gasteiger partial charge on any atom is 0.321 e. The highest BCUT2D eigenvalue weighted by atomic mass is 79.9. The molecule has 1 aromatic rings. The Kier molecular flexibility index (Phi) is 5.96. The van der Waals surface area contributed by atoms with Crippen LogP contribution in [-0.4, -0.2) is 47.4 Å². The molecule has 94 valence electrons. The van der Waals surface area contributed by atoms with Gasteiger partial charge in [0.15, 0.2) is 0 Å². The van der Waals surface area contributed by atoms with E-state index in [4.69, 9.17) is 10.2 Å². The SMILES string of the molecule is O=C(Nc1cccc(Br)c1)N(CCO)CCO. The fourth-order valence-electron chi connectivity index (χ4n) is 1.33. The number of anilines is 1. The van der Waals surface area contributed by atoms with E-state index in [1.165, 1.54) is 4.90 Å². The monoisotopic (exact) mass is 302 g/mol. The molecule has 0 aliphatic rings. The summed E-state index contributed by atoms with van der Waals surface area (Å²) in [6.45, 7) is 0.124. The molecule has 0 fully saturated rings. The van der Waals surface area contributed by atoms with Gasteiger partial charge in [0.1, 0.15) is 0 Å². The summed E-state index contributed by atoms with van der Waals surface area (Å²) in [5.41, 5.74) is 0.658. The average Bonchev–Trinajstić information content (AvgIpc) is 2.28. The van der Waals surface area contributed by atoms with Gasteiger partial charge in [-0.3, -0.25) is 0 Å². The highest BCUT2D eigenvalue weighted by Gasteiger charge is 2.12. The van der Waals surface area contributed by atoms with Gasteiger partial charge in [-0.25, -0.2) is 4.79 Å². The highest BCUT2D eigenvalue weighted by molar-refractivity contribution is 9.10. The summed E-state index contributed by atoms with van der Waals surface area (Å²) in [7, 11) is 0. The second-order valence-electron chi connectivity index (χ2n) is 3.37. The van der Waals surface area contributed by atoms with E-state index in [0.717, 1.165) is 4.47 Å². The van der Waals surface area contributed by atoms with Crippen molar-refractivity contribution in [1.29, 1.82) is 0 Å². The van der Waals surface area contributed by atoms with Crippen LogP contribution in [0.3, 0.4) is 0 Å². The molecular formula is C11H15BrN2O3. The zero-order valence-electron chi connectivity index (χ0n) is 9.27. The van der Waals surface area contributed by atoms with Gasteiger partial charge in [0.05, 0.1) is 13.2 Å². The van der Waals surface area contributed by atoms with Gasteiger partial charge >= 0.3 is 6.03 Å². The number of nitrogens with one attached hydrogen (secondary N) is 1. The third-order valence-electron chi connectivity index (χ3n) is 2.10. The van der Waals surface area contributed by atoms with Crippen molar-refractivity contribution >= 4 is 27.6 Å². The van der Waals surface area contributed by atoms with Crippen molar-refractivity contribution in [2.45, 2.75) is 0 Å². The number of benzene rings is 1. The zero-order valence-corrected chi connectivity index (χ0v) is 10.9. The number of amides is 2. The molecule has 17 heavy (non-hydrogen) atoms. The molecule has 0 atom stereocenters. The topological polar surface area (TPSA) is 72.8 Å². The number of carbonyl (C=O) groups is 1. The molecule has 0 radical (unpaired) electrons. The molecule has 0 bridgehead atoms.